The summed E-state index contributed by atoms with van der Waals surface area (Å²) >= 11 is 0. The first kappa shape index (κ1) is 19.2. The minimum Gasteiger partial charge on any atom is -0.293 e. The van der Waals surface area contributed by atoms with Gasteiger partial charge >= 0.3 is 0 Å². The van der Waals surface area contributed by atoms with Crippen molar-refractivity contribution in [1.82, 2.24) is 0 Å². The number of ketones is 1. The Morgan fingerprint density at radius 1 is 1.09 bits per heavy atom. The minimum atomic E-state index is -2.82. The van der Waals surface area contributed by atoms with E-state index in [-0.39, 0.29) is 23.7 Å². The van der Waals surface area contributed by atoms with Gasteiger partial charge in [-0.3, -0.25) is 9.79 Å². The third-order valence-corrected chi connectivity index (χ3v) is 3.79. The molecule has 0 unspecified atom stereocenters. The first-order valence-electron chi connectivity index (χ1n) is 7.77. The fraction of sp³-hybridized carbons (Fsp3) is 0.474. The molecule has 0 amide bonds. The highest BCUT2D eigenvalue weighted by atomic mass is 19.3. The maximum absolute atomic E-state index is 14.1. The maximum atomic E-state index is 14.1. The Morgan fingerprint density at radius 2 is 1.61 bits per heavy atom. The second-order valence-corrected chi connectivity index (χ2v) is 6.34. The van der Waals surface area contributed by atoms with Crippen molar-refractivity contribution < 1.29 is 13.6 Å². The number of nitrogens with zero attached hydrogens (tertiary/aromatic N) is 1. The van der Waals surface area contributed by atoms with Gasteiger partial charge in [0.2, 0.25) is 0 Å². The lowest BCUT2D eigenvalue weighted by atomic mass is 9.96. The minimum absolute atomic E-state index is 0.0313. The van der Waals surface area contributed by atoms with Gasteiger partial charge in [-0.2, -0.15) is 0 Å². The van der Waals surface area contributed by atoms with Crippen molar-refractivity contribution in [3.05, 3.63) is 41.1 Å². The van der Waals surface area contributed by atoms with Crippen molar-refractivity contribution in [1.29, 1.82) is 0 Å². The van der Waals surface area contributed by atoms with Crippen LogP contribution in [0.25, 0.3) is 5.57 Å². The van der Waals surface area contributed by atoms with Crippen molar-refractivity contribution in [3.63, 3.8) is 0 Å². The zero-order chi connectivity index (χ0) is 17.8. The molecule has 0 saturated heterocycles. The number of halogens is 2. The molecule has 4 heteroatoms. The van der Waals surface area contributed by atoms with Gasteiger partial charge in [0.25, 0.3) is 5.92 Å². The second-order valence-electron chi connectivity index (χ2n) is 6.34. The molecule has 0 heterocycles. The first-order valence-corrected chi connectivity index (χ1v) is 7.77. The van der Waals surface area contributed by atoms with Gasteiger partial charge in [0.1, 0.15) is 0 Å². The van der Waals surface area contributed by atoms with Gasteiger partial charge in [0.15, 0.2) is 5.78 Å². The summed E-state index contributed by atoms with van der Waals surface area (Å²) in [6.07, 6.45) is -0.164. The Morgan fingerprint density at radius 3 is 2.04 bits per heavy atom. The number of Topliss-reactive ketones (excluding diaryl/α,β-unsaturated/α-hetero) is 1. The molecule has 1 aromatic carbocycles. The summed E-state index contributed by atoms with van der Waals surface area (Å²) < 4.78 is 28.2. The molecule has 1 rings (SSSR count). The number of hydrogen-bond acceptors (Lipinski definition) is 2. The van der Waals surface area contributed by atoms with Crippen LogP contribution in [-0.2, 0) is 10.7 Å². The molecule has 23 heavy (non-hydrogen) atoms. The maximum Gasteiger partial charge on any atom is 0.273 e. The van der Waals surface area contributed by atoms with E-state index in [1.165, 1.54) is 19.1 Å². The standard InChI is InChI=1S/C19H25F2NO/c1-12(2)11-19(20,21)18-9-7-17(8-10-18)13(3)14(4)22-15(5)16(6)23/h7-10,12H,11H2,1-6H3/b14-13+,22-15?. The van der Waals surface area contributed by atoms with Crippen LogP contribution in [-0.4, -0.2) is 11.5 Å². The molecule has 0 radical (unpaired) electrons. The first-order chi connectivity index (χ1) is 10.5. The van der Waals surface area contributed by atoms with Crippen molar-refractivity contribution in [2.24, 2.45) is 10.9 Å². The summed E-state index contributed by atoms with van der Waals surface area (Å²) in [5, 5.41) is 0. The molecule has 0 aliphatic heterocycles. The number of benzene rings is 1. The third kappa shape index (κ3) is 5.38. The van der Waals surface area contributed by atoms with E-state index in [4.69, 9.17) is 0 Å². The summed E-state index contributed by atoms with van der Waals surface area (Å²) in [5.41, 5.74) is 2.86. The molecule has 0 saturated carbocycles. The Bertz CT molecular complexity index is 625. The predicted octanol–water partition coefficient (Wildman–Crippen LogP) is 5.63. The van der Waals surface area contributed by atoms with Crippen LogP contribution in [0.1, 0.15) is 59.1 Å². The molecule has 1 aromatic rings. The molecule has 0 fully saturated rings. The Labute approximate surface area is 137 Å². The molecule has 0 aromatic heterocycles. The van der Waals surface area contributed by atoms with E-state index < -0.39 is 5.92 Å². The molecular weight excluding hydrogens is 296 g/mol. The number of carbonyl (C=O) groups is 1. The predicted molar refractivity (Wildman–Crippen MR) is 91.8 cm³/mol. The van der Waals surface area contributed by atoms with Gasteiger partial charge in [-0.05, 0) is 37.8 Å². The molecule has 0 aliphatic carbocycles. The summed E-state index contributed by atoms with van der Waals surface area (Å²) in [4.78, 5) is 15.5. The largest absolute Gasteiger partial charge is 0.293 e. The fourth-order valence-corrected chi connectivity index (χ4v) is 2.22. The third-order valence-electron chi connectivity index (χ3n) is 3.79. The Hall–Kier alpha value is -1.84. The molecular formula is C19H25F2NO. The number of rotatable bonds is 6. The Balaban J connectivity index is 3.09. The second kappa shape index (κ2) is 7.62. The summed E-state index contributed by atoms with van der Waals surface area (Å²) in [6.45, 7) is 10.4. The van der Waals surface area contributed by atoms with Crippen molar-refractivity contribution in [2.75, 3.05) is 0 Å². The van der Waals surface area contributed by atoms with Gasteiger partial charge in [0, 0.05) is 24.6 Å². The van der Waals surface area contributed by atoms with E-state index in [1.807, 2.05) is 13.8 Å². The van der Waals surface area contributed by atoms with Crippen LogP contribution in [0.15, 0.2) is 35.0 Å². The molecule has 0 bridgehead atoms. The average molecular weight is 321 g/mol. The molecule has 2 nitrogen and oxygen atoms in total. The normalized spacial score (nSPS) is 14.0. The van der Waals surface area contributed by atoms with Gasteiger partial charge in [0.05, 0.1) is 5.71 Å². The smallest absolute Gasteiger partial charge is 0.273 e. The van der Waals surface area contributed by atoms with E-state index in [9.17, 15) is 13.6 Å². The molecule has 126 valence electrons. The van der Waals surface area contributed by atoms with Crippen LogP contribution in [0.3, 0.4) is 0 Å². The van der Waals surface area contributed by atoms with Gasteiger partial charge in [-0.1, -0.05) is 38.1 Å². The molecule has 0 spiro atoms. The van der Waals surface area contributed by atoms with Crippen molar-refractivity contribution in [2.45, 2.75) is 53.9 Å². The van der Waals surface area contributed by atoms with E-state index in [2.05, 4.69) is 4.99 Å². The van der Waals surface area contributed by atoms with E-state index in [1.54, 1.807) is 32.9 Å². The number of carbonyl (C=O) groups excluding carboxylic acids is 1. The van der Waals surface area contributed by atoms with Gasteiger partial charge < -0.3 is 0 Å². The number of hydrogen-bond donors (Lipinski definition) is 0. The average Bonchev–Trinajstić information content (AvgIpc) is 2.45. The Kier molecular flexibility index (Phi) is 6.37. The number of alkyl halides is 2. The molecule has 0 N–H and O–H groups in total. The van der Waals surface area contributed by atoms with Crippen LogP contribution in [0, 0.1) is 5.92 Å². The van der Waals surface area contributed by atoms with Crippen molar-refractivity contribution in [3.8, 4) is 0 Å². The zero-order valence-corrected chi connectivity index (χ0v) is 14.7. The quantitative estimate of drug-likeness (QED) is 0.625. The summed E-state index contributed by atoms with van der Waals surface area (Å²) in [7, 11) is 0. The van der Waals surface area contributed by atoms with E-state index in [0.29, 0.717) is 11.4 Å². The molecule has 0 aliphatic rings. The topological polar surface area (TPSA) is 29.4 Å². The molecule has 0 atom stereocenters. The lowest BCUT2D eigenvalue weighted by Crippen LogP contribution is -2.16. The van der Waals surface area contributed by atoms with Crippen LogP contribution >= 0.6 is 0 Å². The fourth-order valence-electron chi connectivity index (χ4n) is 2.22. The highest BCUT2D eigenvalue weighted by Crippen LogP contribution is 2.35. The van der Waals surface area contributed by atoms with Gasteiger partial charge in [-0.15, -0.1) is 0 Å². The van der Waals surface area contributed by atoms with Crippen molar-refractivity contribution >= 4 is 17.1 Å². The van der Waals surface area contributed by atoms with E-state index in [0.717, 1.165) is 11.1 Å². The highest BCUT2D eigenvalue weighted by molar-refractivity contribution is 6.38. The highest BCUT2D eigenvalue weighted by Gasteiger charge is 2.32. The van der Waals surface area contributed by atoms with Crippen LogP contribution in [0.2, 0.25) is 0 Å². The summed E-state index contributed by atoms with van der Waals surface area (Å²) in [5.74, 6) is -2.97. The van der Waals surface area contributed by atoms with Crippen LogP contribution in [0.4, 0.5) is 8.78 Å². The number of allylic oxidation sites excluding steroid dienone is 2. The van der Waals surface area contributed by atoms with E-state index >= 15 is 0 Å². The summed E-state index contributed by atoms with van der Waals surface area (Å²) in [6, 6.07) is 6.30. The lowest BCUT2D eigenvalue weighted by Gasteiger charge is -2.19. The van der Waals surface area contributed by atoms with Crippen LogP contribution < -0.4 is 0 Å². The monoisotopic (exact) mass is 321 g/mol. The van der Waals surface area contributed by atoms with Crippen LogP contribution in [0.5, 0.6) is 0 Å². The van der Waals surface area contributed by atoms with Gasteiger partial charge in [-0.25, -0.2) is 8.78 Å². The lowest BCUT2D eigenvalue weighted by molar-refractivity contribution is -0.111. The number of aliphatic imine (C=N–C) groups is 1. The SMILES string of the molecule is CC(=O)C(C)=N/C(C)=C(\C)c1ccc(C(F)(F)CC(C)C)cc1. The zero-order valence-electron chi connectivity index (χ0n) is 14.7.